The lowest BCUT2D eigenvalue weighted by Crippen LogP contribution is -2.07. The van der Waals surface area contributed by atoms with Crippen molar-refractivity contribution in [1.82, 2.24) is 0 Å². The van der Waals surface area contributed by atoms with Gasteiger partial charge in [-0.25, -0.2) is 0 Å². The normalized spacial score (nSPS) is 11.7. The molecular weight excluding hydrogens is 249 g/mol. The van der Waals surface area contributed by atoms with E-state index < -0.39 is 11.7 Å². The molecule has 0 aromatic heterocycles. The average molecular weight is 264 g/mol. The van der Waals surface area contributed by atoms with Gasteiger partial charge in [0.05, 0.1) is 5.56 Å². The Hall–Kier alpha value is -1.77. The van der Waals surface area contributed by atoms with Gasteiger partial charge < -0.3 is 0 Å². The van der Waals surface area contributed by atoms with Crippen molar-refractivity contribution in [1.29, 1.82) is 0 Å². The fraction of sp³-hybridized carbons (Fsp3) is 0.250. The van der Waals surface area contributed by atoms with Gasteiger partial charge >= 0.3 is 6.18 Å². The van der Waals surface area contributed by atoms with E-state index in [9.17, 15) is 13.2 Å². The molecule has 2 rings (SSSR count). The summed E-state index contributed by atoms with van der Waals surface area (Å²) in [6.07, 6.45) is -4.33. The van der Waals surface area contributed by atoms with Crippen molar-refractivity contribution in [3.63, 3.8) is 0 Å². The lowest BCUT2D eigenvalue weighted by Gasteiger charge is -2.17. The standard InChI is InChI=1S/C16H15F3/c1-10-8-11(2)15(12(3)9-10)13-6-4-5-7-14(13)16(17,18)19/h4-9H,1-3H3. The maximum absolute atomic E-state index is 13.1. The first-order chi connectivity index (χ1) is 8.80. The third-order valence-electron chi connectivity index (χ3n) is 3.18. The van der Waals surface area contributed by atoms with Gasteiger partial charge in [-0.15, -0.1) is 0 Å². The molecule has 0 amide bonds. The van der Waals surface area contributed by atoms with Crippen LogP contribution < -0.4 is 0 Å². The molecule has 2 aromatic carbocycles. The highest BCUT2D eigenvalue weighted by atomic mass is 19.4. The van der Waals surface area contributed by atoms with Crippen LogP contribution in [0.15, 0.2) is 36.4 Å². The van der Waals surface area contributed by atoms with Crippen molar-refractivity contribution in [3.05, 3.63) is 58.7 Å². The van der Waals surface area contributed by atoms with E-state index in [0.29, 0.717) is 5.56 Å². The van der Waals surface area contributed by atoms with Crippen LogP contribution in [0.2, 0.25) is 0 Å². The van der Waals surface area contributed by atoms with Gasteiger partial charge in [-0.05, 0) is 49.1 Å². The zero-order valence-electron chi connectivity index (χ0n) is 11.1. The van der Waals surface area contributed by atoms with Crippen molar-refractivity contribution in [3.8, 4) is 11.1 Å². The molecule has 3 heteroatoms. The molecule has 0 fully saturated rings. The SMILES string of the molecule is Cc1cc(C)c(-c2ccccc2C(F)(F)F)c(C)c1. The van der Waals surface area contributed by atoms with E-state index in [1.165, 1.54) is 12.1 Å². The highest BCUT2D eigenvalue weighted by Gasteiger charge is 2.33. The predicted octanol–water partition coefficient (Wildman–Crippen LogP) is 5.30. The van der Waals surface area contributed by atoms with Crippen LogP contribution in [0.1, 0.15) is 22.3 Å². The summed E-state index contributed by atoms with van der Waals surface area (Å²) in [7, 11) is 0. The number of rotatable bonds is 1. The Labute approximate surface area is 110 Å². The van der Waals surface area contributed by atoms with Gasteiger partial charge in [0.25, 0.3) is 0 Å². The van der Waals surface area contributed by atoms with Crippen molar-refractivity contribution in [2.24, 2.45) is 0 Å². The summed E-state index contributed by atoms with van der Waals surface area (Å²) in [6.45, 7) is 5.64. The summed E-state index contributed by atoms with van der Waals surface area (Å²) in [4.78, 5) is 0. The fourth-order valence-electron chi connectivity index (χ4n) is 2.55. The lowest BCUT2D eigenvalue weighted by molar-refractivity contribution is -0.137. The molecule has 19 heavy (non-hydrogen) atoms. The Balaban J connectivity index is 2.74. The molecule has 0 bridgehead atoms. The summed E-state index contributed by atoms with van der Waals surface area (Å²) >= 11 is 0. The second kappa shape index (κ2) is 4.72. The van der Waals surface area contributed by atoms with Gasteiger partial charge in [0, 0.05) is 0 Å². The molecule has 0 spiro atoms. The van der Waals surface area contributed by atoms with Gasteiger partial charge in [-0.2, -0.15) is 13.2 Å². The average Bonchev–Trinajstić information content (AvgIpc) is 2.26. The van der Waals surface area contributed by atoms with Crippen LogP contribution >= 0.6 is 0 Å². The third kappa shape index (κ3) is 2.65. The van der Waals surface area contributed by atoms with Crippen LogP contribution in [0.3, 0.4) is 0 Å². The van der Waals surface area contributed by atoms with Gasteiger partial charge in [0.2, 0.25) is 0 Å². The maximum Gasteiger partial charge on any atom is 0.417 e. The monoisotopic (exact) mass is 264 g/mol. The molecule has 0 aliphatic rings. The van der Waals surface area contributed by atoms with Gasteiger partial charge in [0.1, 0.15) is 0 Å². The lowest BCUT2D eigenvalue weighted by atomic mass is 9.91. The Bertz CT molecular complexity index is 587. The van der Waals surface area contributed by atoms with Crippen molar-refractivity contribution >= 4 is 0 Å². The van der Waals surface area contributed by atoms with E-state index in [-0.39, 0.29) is 5.56 Å². The Morgan fingerprint density at radius 2 is 1.37 bits per heavy atom. The highest BCUT2D eigenvalue weighted by Crippen LogP contribution is 2.39. The maximum atomic E-state index is 13.1. The topological polar surface area (TPSA) is 0 Å². The first-order valence-electron chi connectivity index (χ1n) is 6.05. The second-order valence-corrected chi connectivity index (χ2v) is 4.82. The minimum atomic E-state index is -4.33. The number of hydrogen-bond acceptors (Lipinski definition) is 0. The van der Waals surface area contributed by atoms with Crippen molar-refractivity contribution in [2.45, 2.75) is 26.9 Å². The summed E-state index contributed by atoms with van der Waals surface area (Å²) < 4.78 is 39.2. The minimum Gasteiger partial charge on any atom is -0.166 e. The van der Waals surface area contributed by atoms with Crippen LogP contribution in [0.25, 0.3) is 11.1 Å². The van der Waals surface area contributed by atoms with E-state index in [0.717, 1.165) is 22.8 Å². The molecule has 0 radical (unpaired) electrons. The number of hydrogen-bond donors (Lipinski definition) is 0. The van der Waals surface area contributed by atoms with E-state index >= 15 is 0 Å². The summed E-state index contributed by atoms with van der Waals surface area (Å²) in [5.41, 5.74) is 3.15. The molecule has 0 heterocycles. The number of alkyl halides is 3. The van der Waals surface area contributed by atoms with E-state index in [4.69, 9.17) is 0 Å². The van der Waals surface area contributed by atoms with E-state index in [1.54, 1.807) is 6.07 Å². The van der Waals surface area contributed by atoms with Crippen molar-refractivity contribution < 1.29 is 13.2 Å². The van der Waals surface area contributed by atoms with Crippen molar-refractivity contribution in [2.75, 3.05) is 0 Å². The molecule has 100 valence electrons. The zero-order chi connectivity index (χ0) is 14.2. The van der Waals surface area contributed by atoms with Crippen LogP contribution in [-0.4, -0.2) is 0 Å². The molecule has 0 nitrogen and oxygen atoms in total. The van der Waals surface area contributed by atoms with Gasteiger partial charge in [-0.3, -0.25) is 0 Å². The van der Waals surface area contributed by atoms with Crippen LogP contribution in [0.5, 0.6) is 0 Å². The van der Waals surface area contributed by atoms with E-state index in [1.807, 2.05) is 32.9 Å². The molecule has 0 N–H and O–H groups in total. The minimum absolute atomic E-state index is 0.255. The predicted molar refractivity (Wildman–Crippen MR) is 71.1 cm³/mol. The molecule has 0 atom stereocenters. The Morgan fingerprint density at radius 1 is 0.842 bits per heavy atom. The zero-order valence-corrected chi connectivity index (χ0v) is 11.1. The van der Waals surface area contributed by atoms with Gasteiger partial charge in [-0.1, -0.05) is 35.9 Å². The third-order valence-corrected chi connectivity index (χ3v) is 3.18. The number of halogens is 3. The number of benzene rings is 2. The molecule has 2 aromatic rings. The summed E-state index contributed by atoms with van der Waals surface area (Å²) in [5.74, 6) is 0. The number of aryl methyl sites for hydroxylation is 3. The molecule has 0 saturated heterocycles. The molecule has 0 aliphatic carbocycles. The Morgan fingerprint density at radius 3 is 1.89 bits per heavy atom. The molecule has 0 saturated carbocycles. The Kier molecular flexibility index (Phi) is 3.40. The summed E-state index contributed by atoms with van der Waals surface area (Å²) in [6, 6.07) is 9.56. The fourth-order valence-corrected chi connectivity index (χ4v) is 2.55. The van der Waals surface area contributed by atoms with Crippen LogP contribution in [0.4, 0.5) is 13.2 Å². The van der Waals surface area contributed by atoms with Gasteiger partial charge in [0.15, 0.2) is 0 Å². The van der Waals surface area contributed by atoms with Crippen LogP contribution in [0, 0.1) is 20.8 Å². The first kappa shape index (κ1) is 13.7. The smallest absolute Gasteiger partial charge is 0.166 e. The van der Waals surface area contributed by atoms with E-state index in [2.05, 4.69) is 0 Å². The molecule has 0 aliphatic heterocycles. The first-order valence-corrected chi connectivity index (χ1v) is 6.05. The van der Waals surface area contributed by atoms with Crippen LogP contribution in [-0.2, 0) is 6.18 Å². The largest absolute Gasteiger partial charge is 0.417 e. The second-order valence-electron chi connectivity index (χ2n) is 4.82. The quantitative estimate of drug-likeness (QED) is 0.655. The molecule has 0 unspecified atom stereocenters. The summed E-state index contributed by atoms with van der Waals surface area (Å²) in [5, 5.41) is 0. The molecular formula is C16H15F3. The highest BCUT2D eigenvalue weighted by molar-refractivity contribution is 5.74.